The number of nitrogens with one attached hydrogen (secondary N) is 3. The van der Waals surface area contributed by atoms with Gasteiger partial charge < -0.3 is 16.0 Å². The zero-order chi connectivity index (χ0) is 20.3. The molecule has 0 aromatic heterocycles. The fourth-order valence-corrected chi connectivity index (χ4v) is 4.35. The van der Waals surface area contributed by atoms with E-state index in [1.165, 1.54) is 0 Å². The number of carbonyl (C=O) groups is 2. The van der Waals surface area contributed by atoms with Crippen LogP contribution in [0.2, 0.25) is 0 Å². The van der Waals surface area contributed by atoms with Crippen molar-refractivity contribution in [1.82, 2.24) is 10.6 Å². The molecule has 0 unspecified atom stereocenters. The van der Waals surface area contributed by atoms with E-state index in [-0.39, 0.29) is 36.7 Å². The number of amides is 2. The van der Waals surface area contributed by atoms with Gasteiger partial charge in [-0.15, -0.1) is 12.4 Å². The lowest BCUT2D eigenvalue weighted by Gasteiger charge is -2.34. The molecule has 158 valence electrons. The van der Waals surface area contributed by atoms with E-state index < -0.39 is 20.5 Å². The van der Waals surface area contributed by atoms with Crippen LogP contribution in [0.4, 0.5) is 5.69 Å². The summed E-state index contributed by atoms with van der Waals surface area (Å²) < 4.78 is 23.2. The predicted molar refractivity (Wildman–Crippen MR) is 114 cm³/mol. The number of anilines is 1. The molecule has 1 aliphatic heterocycles. The van der Waals surface area contributed by atoms with E-state index >= 15 is 0 Å². The first-order chi connectivity index (χ1) is 12.5. The van der Waals surface area contributed by atoms with E-state index in [9.17, 15) is 18.0 Å². The predicted octanol–water partition coefficient (Wildman–Crippen LogP) is 2.13. The van der Waals surface area contributed by atoms with Crippen molar-refractivity contribution in [2.24, 2.45) is 0 Å². The standard InChI is InChI=1S/C19H29N3O4S.ClH/c1-5-18(2,3)22-16(23)14-6-8-15(9-7-14)21-17(24)19(27(4,25)26)10-12-20-13-11-19;/h6-9,20H,5,10-13H2,1-4H3,(H,21,24)(H,22,23);1H. The molecule has 1 heterocycles. The van der Waals surface area contributed by atoms with Crippen molar-refractivity contribution in [2.45, 2.75) is 50.3 Å². The number of rotatable bonds is 6. The molecule has 1 aliphatic rings. The van der Waals surface area contributed by atoms with Crippen LogP contribution in [-0.4, -0.2) is 49.9 Å². The molecule has 0 spiro atoms. The van der Waals surface area contributed by atoms with Crippen molar-refractivity contribution in [3.8, 4) is 0 Å². The summed E-state index contributed by atoms with van der Waals surface area (Å²) >= 11 is 0. The number of piperidine rings is 1. The third-order valence-corrected chi connectivity index (χ3v) is 7.29. The maximum Gasteiger partial charge on any atom is 0.251 e. The van der Waals surface area contributed by atoms with Gasteiger partial charge in [0.15, 0.2) is 14.6 Å². The average Bonchev–Trinajstić information content (AvgIpc) is 2.61. The number of sulfone groups is 1. The molecule has 28 heavy (non-hydrogen) atoms. The summed E-state index contributed by atoms with van der Waals surface area (Å²) in [6.45, 7) is 6.85. The molecular formula is C19H30ClN3O4S. The Bertz CT molecular complexity index is 801. The van der Waals surface area contributed by atoms with Crippen LogP contribution in [0.1, 0.15) is 50.4 Å². The summed E-state index contributed by atoms with van der Waals surface area (Å²) in [4.78, 5) is 25.1. The van der Waals surface area contributed by atoms with Gasteiger partial charge in [-0.1, -0.05) is 6.92 Å². The van der Waals surface area contributed by atoms with Crippen LogP contribution >= 0.6 is 12.4 Å². The smallest absolute Gasteiger partial charge is 0.251 e. The lowest BCUT2D eigenvalue weighted by Crippen LogP contribution is -2.55. The topological polar surface area (TPSA) is 104 Å². The summed E-state index contributed by atoms with van der Waals surface area (Å²) in [5, 5.41) is 8.74. The van der Waals surface area contributed by atoms with Crippen LogP contribution in [0.5, 0.6) is 0 Å². The number of hydrogen-bond donors (Lipinski definition) is 3. The number of benzene rings is 1. The van der Waals surface area contributed by atoms with Crippen LogP contribution in [-0.2, 0) is 14.6 Å². The van der Waals surface area contributed by atoms with E-state index in [4.69, 9.17) is 0 Å². The van der Waals surface area contributed by atoms with E-state index in [0.29, 0.717) is 24.3 Å². The summed E-state index contributed by atoms with van der Waals surface area (Å²) in [7, 11) is -3.57. The van der Waals surface area contributed by atoms with E-state index in [1.54, 1.807) is 24.3 Å². The zero-order valence-corrected chi connectivity index (χ0v) is 18.4. The molecule has 0 atom stereocenters. The highest BCUT2D eigenvalue weighted by Crippen LogP contribution is 2.29. The van der Waals surface area contributed by atoms with Crippen LogP contribution in [0.3, 0.4) is 0 Å². The molecule has 3 N–H and O–H groups in total. The Morgan fingerprint density at radius 1 is 1.14 bits per heavy atom. The van der Waals surface area contributed by atoms with Crippen molar-refractivity contribution in [3.05, 3.63) is 29.8 Å². The second-order valence-corrected chi connectivity index (χ2v) is 10.1. The van der Waals surface area contributed by atoms with Gasteiger partial charge in [0.05, 0.1) is 0 Å². The highest BCUT2D eigenvalue weighted by Gasteiger charge is 2.48. The Morgan fingerprint density at radius 2 is 1.68 bits per heavy atom. The third-order valence-electron chi connectivity index (χ3n) is 5.28. The van der Waals surface area contributed by atoms with Gasteiger partial charge in [-0.3, -0.25) is 9.59 Å². The molecule has 9 heteroatoms. The monoisotopic (exact) mass is 431 g/mol. The molecule has 0 saturated carbocycles. The molecule has 2 amide bonds. The van der Waals surface area contributed by atoms with Gasteiger partial charge >= 0.3 is 0 Å². The molecule has 1 fully saturated rings. The summed E-state index contributed by atoms with van der Waals surface area (Å²) in [5.41, 5.74) is 0.642. The molecule has 0 aliphatic carbocycles. The minimum absolute atomic E-state index is 0. The molecular weight excluding hydrogens is 402 g/mol. The maximum absolute atomic E-state index is 12.8. The second kappa shape index (κ2) is 9.24. The Morgan fingerprint density at radius 3 is 2.14 bits per heavy atom. The average molecular weight is 432 g/mol. The van der Waals surface area contributed by atoms with Gasteiger partial charge in [0.2, 0.25) is 5.91 Å². The Hall–Kier alpha value is -1.64. The van der Waals surface area contributed by atoms with Crippen molar-refractivity contribution >= 4 is 39.7 Å². The third kappa shape index (κ3) is 5.46. The quantitative estimate of drug-likeness (QED) is 0.640. The van der Waals surface area contributed by atoms with Gasteiger partial charge in [-0.25, -0.2) is 8.42 Å². The molecule has 0 radical (unpaired) electrons. The summed E-state index contributed by atoms with van der Waals surface area (Å²) in [6.07, 6.45) is 2.39. The van der Waals surface area contributed by atoms with Gasteiger partial charge in [-0.05, 0) is 70.5 Å². The van der Waals surface area contributed by atoms with Gasteiger partial charge in [-0.2, -0.15) is 0 Å². The summed E-state index contributed by atoms with van der Waals surface area (Å²) in [5.74, 6) is -0.707. The first kappa shape index (κ1) is 24.4. The first-order valence-electron chi connectivity index (χ1n) is 9.15. The van der Waals surface area contributed by atoms with Crippen LogP contribution < -0.4 is 16.0 Å². The lowest BCUT2D eigenvalue weighted by molar-refractivity contribution is -0.119. The minimum atomic E-state index is -3.57. The molecule has 7 nitrogen and oxygen atoms in total. The number of carbonyl (C=O) groups excluding carboxylic acids is 2. The van der Waals surface area contributed by atoms with Crippen LogP contribution in [0, 0.1) is 0 Å². The largest absolute Gasteiger partial charge is 0.347 e. The van der Waals surface area contributed by atoms with E-state index in [0.717, 1.165) is 12.7 Å². The zero-order valence-electron chi connectivity index (χ0n) is 16.8. The van der Waals surface area contributed by atoms with Crippen molar-refractivity contribution < 1.29 is 18.0 Å². The van der Waals surface area contributed by atoms with Crippen molar-refractivity contribution in [1.29, 1.82) is 0 Å². The van der Waals surface area contributed by atoms with Gasteiger partial charge in [0.25, 0.3) is 5.91 Å². The van der Waals surface area contributed by atoms with Crippen molar-refractivity contribution in [3.63, 3.8) is 0 Å². The van der Waals surface area contributed by atoms with E-state index in [1.807, 2.05) is 20.8 Å². The van der Waals surface area contributed by atoms with Crippen LogP contribution in [0.25, 0.3) is 0 Å². The Kier molecular flexibility index (Phi) is 8.05. The van der Waals surface area contributed by atoms with Crippen LogP contribution in [0.15, 0.2) is 24.3 Å². The SMILES string of the molecule is CCC(C)(C)NC(=O)c1ccc(NC(=O)C2(S(C)(=O)=O)CCNCC2)cc1.Cl. The summed E-state index contributed by atoms with van der Waals surface area (Å²) in [6, 6.07) is 6.46. The number of halogens is 1. The molecule has 0 bridgehead atoms. The minimum Gasteiger partial charge on any atom is -0.347 e. The molecule has 1 aromatic carbocycles. The molecule has 1 saturated heterocycles. The molecule has 1 aromatic rings. The van der Waals surface area contributed by atoms with Gasteiger partial charge in [0.1, 0.15) is 0 Å². The van der Waals surface area contributed by atoms with E-state index in [2.05, 4.69) is 16.0 Å². The Labute approximate surface area is 173 Å². The highest BCUT2D eigenvalue weighted by atomic mass is 35.5. The first-order valence-corrected chi connectivity index (χ1v) is 11.0. The normalized spacial score (nSPS) is 16.6. The fraction of sp³-hybridized carbons (Fsp3) is 0.579. The Balaban J connectivity index is 0.00000392. The van der Waals surface area contributed by atoms with Gasteiger partial charge in [0, 0.05) is 23.0 Å². The molecule has 2 rings (SSSR count). The lowest BCUT2D eigenvalue weighted by atomic mass is 9.95. The second-order valence-electron chi connectivity index (χ2n) is 7.74. The van der Waals surface area contributed by atoms with Crippen molar-refractivity contribution in [2.75, 3.05) is 24.7 Å². The fourth-order valence-electron chi connectivity index (χ4n) is 3.01. The highest BCUT2D eigenvalue weighted by molar-refractivity contribution is 7.92. The number of hydrogen-bond acceptors (Lipinski definition) is 5. The maximum atomic E-state index is 12.8.